The number of amides is 1. The number of para-hydroxylation sites is 1. The highest BCUT2D eigenvalue weighted by molar-refractivity contribution is 7.15. The molecular formula is C27H30N4O4S. The minimum Gasteiger partial charge on any atom is -0.490 e. The first-order valence-corrected chi connectivity index (χ1v) is 12.5. The molecule has 3 rings (SSSR count). The topological polar surface area (TPSA) is 106 Å². The van der Waals surface area contributed by atoms with Crippen molar-refractivity contribution in [1.82, 2.24) is 10.2 Å². The third-order valence-electron chi connectivity index (χ3n) is 4.91. The molecule has 1 aromatic heterocycles. The molecule has 9 heteroatoms. The zero-order valence-corrected chi connectivity index (χ0v) is 21.7. The fraction of sp³-hybridized carbons (Fsp3) is 0.333. The standard InChI is InChI=1S/C27H30N4O4S/c1-5-33-24-16-20(10-11-23(24)35-13-12-34-22-9-7-6-8-19(22)4)15-21(17-28)26(32)29-27-31-30-25(36-27)14-18(2)3/h6-11,15-16,18H,5,12-14H2,1-4H3,(H,29,31,32)/b21-15-. The number of anilines is 1. The molecule has 0 atom stereocenters. The van der Waals surface area contributed by atoms with E-state index < -0.39 is 5.91 Å². The Morgan fingerprint density at radius 3 is 2.53 bits per heavy atom. The number of carbonyl (C=O) groups excluding carboxylic acids is 1. The summed E-state index contributed by atoms with van der Waals surface area (Å²) in [4.78, 5) is 12.6. The molecule has 0 aliphatic carbocycles. The molecule has 1 N–H and O–H groups in total. The lowest BCUT2D eigenvalue weighted by atomic mass is 10.1. The molecule has 0 aliphatic heterocycles. The number of ether oxygens (including phenoxy) is 3. The third-order valence-corrected chi connectivity index (χ3v) is 5.77. The first-order valence-electron chi connectivity index (χ1n) is 11.7. The minimum atomic E-state index is -0.545. The summed E-state index contributed by atoms with van der Waals surface area (Å²) in [5.41, 5.74) is 1.63. The lowest BCUT2D eigenvalue weighted by Crippen LogP contribution is -2.13. The van der Waals surface area contributed by atoms with Crippen LogP contribution in [0.15, 0.2) is 48.0 Å². The van der Waals surface area contributed by atoms with E-state index in [0.29, 0.717) is 47.9 Å². The number of rotatable bonds is 12. The summed E-state index contributed by atoms with van der Waals surface area (Å²) in [7, 11) is 0. The zero-order chi connectivity index (χ0) is 25.9. The molecule has 0 bridgehead atoms. The molecular weight excluding hydrogens is 476 g/mol. The van der Waals surface area contributed by atoms with Gasteiger partial charge >= 0.3 is 0 Å². The Morgan fingerprint density at radius 2 is 1.83 bits per heavy atom. The largest absolute Gasteiger partial charge is 0.490 e. The number of hydrogen-bond acceptors (Lipinski definition) is 8. The normalized spacial score (nSPS) is 11.2. The molecule has 36 heavy (non-hydrogen) atoms. The van der Waals surface area contributed by atoms with E-state index in [1.807, 2.05) is 44.2 Å². The van der Waals surface area contributed by atoms with Crippen molar-refractivity contribution in [2.45, 2.75) is 34.1 Å². The van der Waals surface area contributed by atoms with Crippen LogP contribution >= 0.6 is 11.3 Å². The Labute approximate surface area is 215 Å². The molecule has 0 radical (unpaired) electrons. The lowest BCUT2D eigenvalue weighted by Gasteiger charge is -2.14. The molecule has 0 saturated carbocycles. The SMILES string of the molecule is CCOc1cc(/C=C(/C#N)C(=O)Nc2nnc(CC(C)C)s2)ccc1OCCOc1ccccc1C. The number of carbonyl (C=O) groups is 1. The van der Waals surface area contributed by atoms with Gasteiger partial charge in [0.05, 0.1) is 6.61 Å². The van der Waals surface area contributed by atoms with E-state index in [-0.39, 0.29) is 5.57 Å². The lowest BCUT2D eigenvalue weighted by molar-refractivity contribution is -0.112. The quantitative estimate of drug-likeness (QED) is 0.198. The van der Waals surface area contributed by atoms with Crippen LogP contribution in [0.4, 0.5) is 5.13 Å². The summed E-state index contributed by atoms with van der Waals surface area (Å²) in [5.74, 6) is 1.78. The number of aromatic nitrogens is 2. The molecule has 0 spiro atoms. The monoisotopic (exact) mass is 506 g/mol. The van der Waals surface area contributed by atoms with Crippen molar-refractivity contribution in [3.63, 3.8) is 0 Å². The first-order chi connectivity index (χ1) is 17.4. The number of nitrogens with zero attached hydrogens (tertiary/aromatic N) is 3. The Hall–Kier alpha value is -3.90. The fourth-order valence-electron chi connectivity index (χ4n) is 3.24. The van der Waals surface area contributed by atoms with Crippen molar-refractivity contribution >= 4 is 28.5 Å². The van der Waals surface area contributed by atoms with Crippen molar-refractivity contribution in [1.29, 1.82) is 5.26 Å². The summed E-state index contributed by atoms with van der Waals surface area (Å²) in [6, 6.07) is 15.0. The second kappa shape index (κ2) is 13.3. The van der Waals surface area contributed by atoms with E-state index in [0.717, 1.165) is 22.7 Å². The Bertz CT molecular complexity index is 1250. The predicted octanol–water partition coefficient (Wildman–Crippen LogP) is 5.45. The average molecular weight is 507 g/mol. The van der Waals surface area contributed by atoms with Crippen LogP contribution in [0, 0.1) is 24.2 Å². The van der Waals surface area contributed by atoms with E-state index in [9.17, 15) is 10.1 Å². The second-order valence-corrected chi connectivity index (χ2v) is 9.39. The highest BCUT2D eigenvalue weighted by Gasteiger charge is 2.14. The summed E-state index contributed by atoms with van der Waals surface area (Å²) >= 11 is 1.31. The smallest absolute Gasteiger partial charge is 0.268 e. The van der Waals surface area contributed by atoms with E-state index in [2.05, 4.69) is 29.4 Å². The molecule has 0 saturated heterocycles. The summed E-state index contributed by atoms with van der Waals surface area (Å²) in [5, 5.41) is 21.5. The van der Waals surface area contributed by atoms with Gasteiger partial charge in [0.1, 0.15) is 35.6 Å². The molecule has 0 fully saturated rings. The van der Waals surface area contributed by atoms with E-state index in [4.69, 9.17) is 14.2 Å². The molecule has 2 aromatic carbocycles. The van der Waals surface area contributed by atoms with Gasteiger partial charge in [0.2, 0.25) is 5.13 Å². The minimum absolute atomic E-state index is 0.0571. The van der Waals surface area contributed by atoms with Crippen LogP contribution in [0.5, 0.6) is 17.2 Å². The van der Waals surface area contributed by atoms with Crippen molar-refractivity contribution in [3.05, 3.63) is 64.2 Å². The van der Waals surface area contributed by atoms with Crippen molar-refractivity contribution in [2.24, 2.45) is 5.92 Å². The highest BCUT2D eigenvalue weighted by atomic mass is 32.1. The molecule has 1 amide bonds. The fourth-order valence-corrected chi connectivity index (χ4v) is 4.19. The van der Waals surface area contributed by atoms with Gasteiger partial charge in [0.15, 0.2) is 11.5 Å². The van der Waals surface area contributed by atoms with Gasteiger partial charge in [-0.2, -0.15) is 5.26 Å². The van der Waals surface area contributed by atoms with Gasteiger partial charge in [0, 0.05) is 6.42 Å². The first kappa shape index (κ1) is 26.7. The maximum atomic E-state index is 12.6. The third kappa shape index (κ3) is 7.82. The maximum absolute atomic E-state index is 12.6. The van der Waals surface area contributed by atoms with Crippen LogP contribution in [0.25, 0.3) is 6.08 Å². The predicted molar refractivity (Wildman–Crippen MR) is 140 cm³/mol. The van der Waals surface area contributed by atoms with Gasteiger partial charge in [-0.1, -0.05) is 49.4 Å². The van der Waals surface area contributed by atoms with Gasteiger partial charge in [-0.15, -0.1) is 10.2 Å². The van der Waals surface area contributed by atoms with Crippen LogP contribution in [0.2, 0.25) is 0 Å². The molecule has 0 aliphatic rings. The summed E-state index contributed by atoms with van der Waals surface area (Å²) < 4.78 is 17.4. The van der Waals surface area contributed by atoms with E-state index in [1.54, 1.807) is 18.2 Å². The van der Waals surface area contributed by atoms with Crippen LogP contribution in [0.1, 0.15) is 36.9 Å². The number of nitrogens with one attached hydrogen (secondary N) is 1. The van der Waals surface area contributed by atoms with Crippen LogP contribution in [-0.4, -0.2) is 35.9 Å². The van der Waals surface area contributed by atoms with Crippen molar-refractivity contribution in [3.8, 4) is 23.3 Å². The number of nitriles is 1. The van der Waals surface area contributed by atoms with Crippen LogP contribution in [-0.2, 0) is 11.2 Å². The Balaban J connectivity index is 1.65. The highest BCUT2D eigenvalue weighted by Crippen LogP contribution is 2.30. The summed E-state index contributed by atoms with van der Waals surface area (Å²) in [6.45, 7) is 9.17. The molecule has 188 valence electrons. The summed E-state index contributed by atoms with van der Waals surface area (Å²) in [6.07, 6.45) is 2.28. The van der Waals surface area contributed by atoms with Crippen molar-refractivity contribution in [2.75, 3.05) is 25.1 Å². The van der Waals surface area contributed by atoms with Gasteiger partial charge < -0.3 is 14.2 Å². The average Bonchev–Trinajstić information content (AvgIpc) is 3.28. The van der Waals surface area contributed by atoms with Crippen LogP contribution < -0.4 is 19.5 Å². The zero-order valence-electron chi connectivity index (χ0n) is 20.9. The van der Waals surface area contributed by atoms with Crippen molar-refractivity contribution < 1.29 is 19.0 Å². The van der Waals surface area contributed by atoms with E-state index in [1.165, 1.54) is 17.4 Å². The van der Waals surface area contributed by atoms with Crippen LogP contribution in [0.3, 0.4) is 0 Å². The molecule has 0 unspecified atom stereocenters. The number of benzene rings is 2. The van der Waals surface area contributed by atoms with Gasteiger partial charge in [-0.25, -0.2) is 0 Å². The van der Waals surface area contributed by atoms with Gasteiger partial charge in [0.25, 0.3) is 5.91 Å². The number of aryl methyl sites for hydroxylation is 1. The maximum Gasteiger partial charge on any atom is 0.268 e. The van der Waals surface area contributed by atoms with Gasteiger partial charge in [-0.3, -0.25) is 10.1 Å². The second-order valence-electron chi connectivity index (χ2n) is 8.32. The number of hydrogen-bond donors (Lipinski definition) is 1. The molecule has 3 aromatic rings. The molecule has 1 heterocycles. The Kier molecular flexibility index (Phi) is 9.83. The molecule has 8 nitrogen and oxygen atoms in total. The Morgan fingerprint density at radius 1 is 1.08 bits per heavy atom. The van der Waals surface area contributed by atoms with E-state index >= 15 is 0 Å². The van der Waals surface area contributed by atoms with Gasteiger partial charge in [-0.05, 0) is 55.2 Å².